The Morgan fingerprint density at radius 1 is 0.269 bits per heavy atom. The first-order valence-corrected chi connectivity index (χ1v) is 33.9. The highest BCUT2D eigenvalue weighted by Crippen LogP contribution is 2.17. The molecule has 452 valence electrons. The highest BCUT2D eigenvalue weighted by Gasteiger charge is 2.19. The Balaban J connectivity index is 4.08. The van der Waals surface area contributed by atoms with E-state index in [1.54, 1.807) is 0 Å². The van der Waals surface area contributed by atoms with E-state index in [2.05, 4.69) is 93.7 Å². The number of ether oxygens (including phenoxy) is 3. The third-order valence-electron chi connectivity index (χ3n) is 14.9. The van der Waals surface area contributed by atoms with E-state index in [0.29, 0.717) is 19.3 Å². The van der Waals surface area contributed by atoms with Gasteiger partial charge >= 0.3 is 17.9 Å². The number of carbonyl (C=O) groups excluding carboxylic acids is 3. The molecule has 1 unspecified atom stereocenters. The zero-order chi connectivity index (χ0) is 56.4. The minimum atomic E-state index is -0.773. The van der Waals surface area contributed by atoms with E-state index < -0.39 is 6.10 Å². The number of rotatable bonds is 62. The first-order valence-electron chi connectivity index (χ1n) is 33.9. The van der Waals surface area contributed by atoms with Crippen LogP contribution < -0.4 is 0 Å². The normalized spacial score (nSPS) is 12.5. The van der Waals surface area contributed by atoms with Crippen LogP contribution in [0.3, 0.4) is 0 Å². The van der Waals surface area contributed by atoms with Crippen molar-refractivity contribution in [2.45, 2.75) is 354 Å². The van der Waals surface area contributed by atoms with Gasteiger partial charge in [-0.3, -0.25) is 14.4 Å². The molecule has 0 bridgehead atoms. The summed E-state index contributed by atoms with van der Waals surface area (Å²) in [6.07, 6.45) is 86.5. The number of unbranched alkanes of at least 4 members (excludes halogenated alkanes) is 39. The molecule has 0 fully saturated rings. The minimum absolute atomic E-state index is 0.0715. The SMILES string of the molecule is CC/C=C\C/C=C\C/C=C\C/C=C\C/C=C\CCCCCCCCCCCCCCCCCCCC(=O)OCC(COC(=O)CCCCCCCCCCC)OC(=O)CCCCCCCCC/C=C\CCCCCCCCC. The van der Waals surface area contributed by atoms with Crippen molar-refractivity contribution in [3.8, 4) is 0 Å². The van der Waals surface area contributed by atoms with Crippen molar-refractivity contribution in [3.63, 3.8) is 0 Å². The molecule has 0 heterocycles. The Bertz CT molecular complexity index is 1440. The van der Waals surface area contributed by atoms with E-state index in [9.17, 15) is 14.4 Å². The molecular weight excluding hydrogens is 961 g/mol. The maximum atomic E-state index is 12.9. The molecule has 0 aliphatic heterocycles. The summed E-state index contributed by atoms with van der Waals surface area (Å²) in [4.78, 5) is 38.2. The molecule has 0 amide bonds. The van der Waals surface area contributed by atoms with E-state index in [1.165, 1.54) is 218 Å². The van der Waals surface area contributed by atoms with Crippen molar-refractivity contribution in [3.05, 3.63) is 72.9 Å². The second-order valence-electron chi connectivity index (χ2n) is 22.7. The Kier molecular flexibility index (Phi) is 63.7. The highest BCUT2D eigenvalue weighted by atomic mass is 16.6. The van der Waals surface area contributed by atoms with E-state index in [4.69, 9.17) is 14.2 Å². The Labute approximate surface area is 484 Å². The van der Waals surface area contributed by atoms with Crippen molar-refractivity contribution >= 4 is 17.9 Å². The smallest absolute Gasteiger partial charge is 0.306 e. The van der Waals surface area contributed by atoms with Gasteiger partial charge in [-0.2, -0.15) is 0 Å². The van der Waals surface area contributed by atoms with Crippen LogP contribution in [0, 0.1) is 0 Å². The molecule has 0 N–H and O–H groups in total. The molecule has 0 rings (SSSR count). The predicted molar refractivity (Wildman–Crippen MR) is 339 cm³/mol. The van der Waals surface area contributed by atoms with Gasteiger partial charge in [-0.05, 0) is 89.9 Å². The van der Waals surface area contributed by atoms with Gasteiger partial charge in [0.25, 0.3) is 0 Å². The lowest BCUT2D eigenvalue weighted by molar-refractivity contribution is -0.167. The molecule has 0 saturated carbocycles. The molecule has 6 heteroatoms. The van der Waals surface area contributed by atoms with Gasteiger partial charge in [0.1, 0.15) is 13.2 Å². The zero-order valence-corrected chi connectivity index (χ0v) is 51.9. The van der Waals surface area contributed by atoms with Crippen molar-refractivity contribution in [2.24, 2.45) is 0 Å². The molecule has 0 aromatic rings. The van der Waals surface area contributed by atoms with Gasteiger partial charge in [0, 0.05) is 19.3 Å². The van der Waals surface area contributed by atoms with Gasteiger partial charge < -0.3 is 14.2 Å². The fourth-order valence-electron chi connectivity index (χ4n) is 9.88. The first kappa shape index (κ1) is 74.8. The average molecular weight is 1090 g/mol. The van der Waals surface area contributed by atoms with Crippen LogP contribution >= 0.6 is 0 Å². The van der Waals surface area contributed by atoms with Crippen LogP contribution in [0.15, 0.2) is 72.9 Å². The molecule has 0 radical (unpaired) electrons. The Morgan fingerprint density at radius 2 is 0.500 bits per heavy atom. The topological polar surface area (TPSA) is 78.9 Å². The molecule has 78 heavy (non-hydrogen) atoms. The Hall–Kier alpha value is -3.15. The summed E-state index contributed by atoms with van der Waals surface area (Å²) in [6, 6.07) is 0. The van der Waals surface area contributed by atoms with Gasteiger partial charge in [0.15, 0.2) is 6.10 Å². The van der Waals surface area contributed by atoms with E-state index >= 15 is 0 Å². The molecule has 1 atom stereocenters. The van der Waals surface area contributed by atoms with Crippen molar-refractivity contribution in [1.29, 1.82) is 0 Å². The zero-order valence-electron chi connectivity index (χ0n) is 51.9. The number of esters is 3. The lowest BCUT2D eigenvalue weighted by Crippen LogP contribution is -2.30. The molecule has 0 spiro atoms. The summed E-state index contributed by atoms with van der Waals surface area (Å²) in [5.41, 5.74) is 0. The van der Waals surface area contributed by atoms with Crippen molar-refractivity contribution in [1.82, 2.24) is 0 Å². The average Bonchev–Trinajstić information content (AvgIpc) is 3.44. The third-order valence-corrected chi connectivity index (χ3v) is 14.9. The Morgan fingerprint density at radius 3 is 0.795 bits per heavy atom. The van der Waals surface area contributed by atoms with Gasteiger partial charge in [-0.15, -0.1) is 0 Å². The summed E-state index contributed by atoms with van der Waals surface area (Å²) in [7, 11) is 0. The molecule has 0 saturated heterocycles. The maximum absolute atomic E-state index is 12.9. The van der Waals surface area contributed by atoms with Gasteiger partial charge in [0.2, 0.25) is 0 Å². The molecular formula is C72H128O6. The van der Waals surface area contributed by atoms with Crippen LogP contribution in [-0.2, 0) is 28.6 Å². The number of allylic oxidation sites excluding steroid dienone is 12. The van der Waals surface area contributed by atoms with E-state index in [-0.39, 0.29) is 31.1 Å². The van der Waals surface area contributed by atoms with Crippen molar-refractivity contribution in [2.75, 3.05) is 13.2 Å². The van der Waals surface area contributed by atoms with Crippen LogP contribution in [0.25, 0.3) is 0 Å². The van der Waals surface area contributed by atoms with E-state index in [1.807, 2.05) is 0 Å². The first-order chi connectivity index (χ1) is 38.5. The predicted octanol–water partition coefficient (Wildman–Crippen LogP) is 23.3. The highest BCUT2D eigenvalue weighted by molar-refractivity contribution is 5.71. The second kappa shape index (κ2) is 66.4. The van der Waals surface area contributed by atoms with Gasteiger partial charge in [0.05, 0.1) is 0 Å². The minimum Gasteiger partial charge on any atom is -0.462 e. The third kappa shape index (κ3) is 63.7. The summed E-state index contributed by atoms with van der Waals surface area (Å²) >= 11 is 0. The second-order valence-corrected chi connectivity index (χ2v) is 22.7. The molecule has 0 aliphatic rings. The summed E-state index contributed by atoms with van der Waals surface area (Å²) in [6.45, 7) is 6.54. The fraction of sp³-hybridized carbons (Fsp3) is 0.792. The fourth-order valence-corrected chi connectivity index (χ4v) is 9.88. The number of carbonyl (C=O) groups is 3. The molecule has 0 aromatic heterocycles. The lowest BCUT2D eigenvalue weighted by Gasteiger charge is -2.18. The largest absolute Gasteiger partial charge is 0.462 e. The van der Waals surface area contributed by atoms with Crippen LogP contribution in [0.1, 0.15) is 348 Å². The van der Waals surface area contributed by atoms with E-state index in [0.717, 1.165) is 89.9 Å². The standard InChI is InChI=1S/C72H128O6/c1-4-7-10-13-16-19-21-23-25-27-29-30-31-32-33-34-35-36-37-38-39-40-41-42-43-45-46-48-50-53-56-59-62-65-71(74)77-68-69(67-76-70(73)64-61-58-55-52-18-15-12-9-6-3)78-72(75)66-63-60-57-54-51-49-47-44-28-26-24-22-20-17-14-11-8-5-2/h7,10,16,19,23,25-26,28-30,32-33,69H,4-6,8-9,11-15,17-18,20-22,24,27,31,34-68H2,1-3H3/b10-7-,19-16-,25-23-,28-26-,30-29-,33-32-. The summed E-state index contributed by atoms with van der Waals surface area (Å²) in [5.74, 6) is -0.860. The van der Waals surface area contributed by atoms with Crippen LogP contribution in [0.4, 0.5) is 0 Å². The van der Waals surface area contributed by atoms with Crippen LogP contribution in [0.2, 0.25) is 0 Å². The number of hydrogen-bond donors (Lipinski definition) is 0. The summed E-state index contributed by atoms with van der Waals surface area (Å²) in [5, 5.41) is 0. The van der Waals surface area contributed by atoms with Crippen LogP contribution in [-0.4, -0.2) is 37.2 Å². The van der Waals surface area contributed by atoms with Gasteiger partial charge in [-0.25, -0.2) is 0 Å². The quantitative estimate of drug-likeness (QED) is 0.0261. The van der Waals surface area contributed by atoms with Crippen molar-refractivity contribution < 1.29 is 28.6 Å². The number of hydrogen-bond acceptors (Lipinski definition) is 6. The molecule has 0 aromatic carbocycles. The maximum Gasteiger partial charge on any atom is 0.306 e. The summed E-state index contributed by atoms with van der Waals surface area (Å²) < 4.78 is 16.9. The monoisotopic (exact) mass is 1090 g/mol. The molecule has 6 nitrogen and oxygen atoms in total. The lowest BCUT2D eigenvalue weighted by atomic mass is 10.0. The van der Waals surface area contributed by atoms with Crippen LogP contribution in [0.5, 0.6) is 0 Å². The molecule has 0 aliphatic carbocycles. The van der Waals surface area contributed by atoms with Gasteiger partial charge in [-0.1, -0.05) is 312 Å².